The highest BCUT2D eigenvalue weighted by Gasteiger charge is 2.22. The van der Waals surface area contributed by atoms with Gasteiger partial charge in [0, 0.05) is 16.0 Å². The van der Waals surface area contributed by atoms with Crippen LogP contribution in [0.5, 0.6) is 0 Å². The number of benzene rings is 1. The molecule has 0 aliphatic rings. The Morgan fingerprint density at radius 2 is 2.15 bits per heavy atom. The summed E-state index contributed by atoms with van der Waals surface area (Å²) in [6, 6.07) is 6.14. The largest absolute Gasteiger partial charge is 0.305 e. The molecule has 1 unspecified atom stereocenters. The molecule has 0 aliphatic carbocycles. The van der Waals surface area contributed by atoms with Crippen LogP contribution in [0.2, 0.25) is 5.02 Å². The van der Waals surface area contributed by atoms with Crippen molar-refractivity contribution < 1.29 is 0 Å². The first-order valence-corrected chi connectivity index (χ1v) is 8.36. The number of halogens is 3. The van der Waals surface area contributed by atoms with Crippen molar-refractivity contribution >= 4 is 43.5 Å². The van der Waals surface area contributed by atoms with Crippen LogP contribution in [0.4, 0.5) is 0 Å². The van der Waals surface area contributed by atoms with E-state index in [9.17, 15) is 0 Å². The lowest BCUT2D eigenvalue weighted by Crippen LogP contribution is -2.26. The maximum atomic E-state index is 6.31. The summed E-state index contributed by atoms with van der Waals surface area (Å²) in [6.07, 6.45) is 2.74. The number of nitrogens with zero attached hydrogens (tertiary/aromatic N) is 2. The van der Waals surface area contributed by atoms with E-state index < -0.39 is 0 Å². The maximum absolute atomic E-state index is 6.31. The van der Waals surface area contributed by atoms with E-state index in [1.165, 1.54) is 0 Å². The van der Waals surface area contributed by atoms with Crippen molar-refractivity contribution in [3.05, 3.63) is 49.6 Å². The van der Waals surface area contributed by atoms with Gasteiger partial charge in [0.15, 0.2) is 0 Å². The van der Waals surface area contributed by atoms with Crippen molar-refractivity contribution in [2.75, 3.05) is 6.54 Å². The second kappa shape index (κ2) is 7.07. The monoisotopic (exact) mass is 419 g/mol. The van der Waals surface area contributed by atoms with Gasteiger partial charge in [-0.05, 0) is 36.7 Å². The molecule has 1 N–H and O–H groups in total. The van der Waals surface area contributed by atoms with Gasteiger partial charge in [0.2, 0.25) is 0 Å². The molecule has 1 aromatic heterocycles. The Balaban J connectivity index is 2.50. The number of hydrogen-bond acceptors (Lipinski definition) is 2. The van der Waals surface area contributed by atoms with Crippen molar-refractivity contribution in [2.45, 2.75) is 19.4 Å². The van der Waals surface area contributed by atoms with Crippen LogP contribution in [-0.2, 0) is 7.05 Å². The Bertz CT molecular complexity index is 579. The lowest BCUT2D eigenvalue weighted by Gasteiger charge is -2.21. The van der Waals surface area contributed by atoms with Crippen LogP contribution in [0.15, 0.2) is 33.3 Å². The molecule has 108 valence electrons. The molecule has 2 rings (SSSR count). The molecule has 20 heavy (non-hydrogen) atoms. The first-order valence-electron chi connectivity index (χ1n) is 6.40. The molecule has 3 nitrogen and oxygen atoms in total. The summed E-state index contributed by atoms with van der Waals surface area (Å²) in [4.78, 5) is 0. The number of hydrogen-bond donors (Lipinski definition) is 1. The summed E-state index contributed by atoms with van der Waals surface area (Å²) < 4.78 is 3.91. The first kappa shape index (κ1) is 16.0. The zero-order valence-corrected chi connectivity index (χ0v) is 15.3. The predicted molar refractivity (Wildman–Crippen MR) is 90.2 cm³/mol. The minimum absolute atomic E-state index is 0.00169. The molecule has 0 bridgehead atoms. The van der Waals surface area contributed by atoms with Crippen molar-refractivity contribution in [3.63, 3.8) is 0 Å². The fraction of sp³-hybridized carbons (Fsp3) is 0.357. The molecule has 0 spiro atoms. The second-order valence-corrected chi connectivity index (χ2v) is 6.73. The van der Waals surface area contributed by atoms with Gasteiger partial charge in [0.05, 0.1) is 23.0 Å². The normalized spacial score (nSPS) is 12.7. The molecule has 1 aromatic carbocycles. The van der Waals surface area contributed by atoms with E-state index in [-0.39, 0.29) is 6.04 Å². The van der Waals surface area contributed by atoms with E-state index >= 15 is 0 Å². The number of aromatic nitrogens is 2. The summed E-state index contributed by atoms with van der Waals surface area (Å²) in [7, 11) is 1.91. The predicted octanol–water partition coefficient (Wildman–Crippen LogP) is 4.69. The van der Waals surface area contributed by atoms with Gasteiger partial charge in [0.25, 0.3) is 0 Å². The van der Waals surface area contributed by atoms with Crippen molar-refractivity contribution in [3.8, 4) is 0 Å². The highest BCUT2D eigenvalue weighted by Crippen LogP contribution is 2.33. The van der Waals surface area contributed by atoms with E-state index in [4.69, 9.17) is 11.6 Å². The molecule has 0 saturated carbocycles. The van der Waals surface area contributed by atoms with Crippen LogP contribution in [0.25, 0.3) is 0 Å². The molecule has 0 fully saturated rings. The molecular formula is C14H16Br2ClN3. The molecular weight excluding hydrogens is 405 g/mol. The molecule has 2 aromatic rings. The summed E-state index contributed by atoms with van der Waals surface area (Å²) in [5.74, 6) is 0. The van der Waals surface area contributed by atoms with Crippen molar-refractivity contribution in [1.82, 2.24) is 15.1 Å². The standard InChI is InChI=1S/C14H16Br2ClN3/c1-3-6-18-13(14-12(17)8-19-20(14)2)10-7-9(15)4-5-11(10)16/h4-5,7-8,13,18H,3,6H2,1-2H3. The third kappa shape index (κ3) is 3.45. The van der Waals surface area contributed by atoms with Crippen LogP contribution < -0.4 is 5.32 Å². The molecule has 0 saturated heterocycles. The fourth-order valence-corrected chi connectivity index (χ4v) is 3.25. The highest BCUT2D eigenvalue weighted by atomic mass is 79.9. The summed E-state index contributed by atoms with van der Waals surface area (Å²) in [6.45, 7) is 3.05. The Kier molecular flexibility index (Phi) is 5.66. The summed E-state index contributed by atoms with van der Waals surface area (Å²) >= 11 is 13.5. The number of nitrogens with one attached hydrogen (secondary N) is 1. The minimum Gasteiger partial charge on any atom is -0.305 e. The number of aryl methyl sites for hydroxylation is 1. The average Bonchev–Trinajstić information content (AvgIpc) is 2.74. The van der Waals surface area contributed by atoms with Gasteiger partial charge < -0.3 is 5.32 Å². The Morgan fingerprint density at radius 1 is 1.40 bits per heavy atom. The Hall–Kier alpha value is -0.360. The van der Waals surface area contributed by atoms with E-state index in [0.717, 1.165) is 33.2 Å². The lowest BCUT2D eigenvalue weighted by molar-refractivity contribution is 0.552. The van der Waals surface area contributed by atoms with Gasteiger partial charge >= 0.3 is 0 Å². The molecule has 1 heterocycles. The van der Waals surface area contributed by atoms with Crippen LogP contribution in [0.1, 0.15) is 30.6 Å². The van der Waals surface area contributed by atoms with Gasteiger partial charge in [-0.25, -0.2) is 0 Å². The average molecular weight is 422 g/mol. The van der Waals surface area contributed by atoms with Gasteiger partial charge in [0.1, 0.15) is 0 Å². The first-order chi connectivity index (χ1) is 9.54. The van der Waals surface area contributed by atoms with E-state index in [1.807, 2.05) is 23.9 Å². The molecule has 0 amide bonds. The van der Waals surface area contributed by atoms with Crippen LogP contribution >= 0.6 is 43.5 Å². The molecule has 6 heteroatoms. The molecule has 0 radical (unpaired) electrons. The van der Waals surface area contributed by atoms with E-state index in [0.29, 0.717) is 5.02 Å². The third-order valence-corrected chi connectivity index (χ3v) is 4.59. The van der Waals surface area contributed by atoms with Gasteiger partial charge in [-0.2, -0.15) is 5.10 Å². The van der Waals surface area contributed by atoms with E-state index in [2.05, 4.69) is 55.3 Å². The lowest BCUT2D eigenvalue weighted by atomic mass is 10.0. The fourth-order valence-electron chi connectivity index (χ4n) is 2.12. The maximum Gasteiger partial charge on any atom is 0.0837 e. The minimum atomic E-state index is 0.00169. The van der Waals surface area contributed by atoms with Crippen LogP contribution in [-0.4, -0.2) is 16.3 Å². The molecule has 1 atom stereocenters. The van der Waals surface area contributed by atoms with Gasteiger partial charge in [-0.15, -0.1) is 0 Å². The Morgan fingerprint density at radius 3 is 2.75 bits per heavy atom. The zero-order valence-electron chi connectivity index (χ0n) is 11.3. The van der Waals surface area contributed by atoms with Crippen molar-refractivity contribution in [1.29, 1.82) is 0 Å². The topological polar surface area (TPSA) is 29.9 Å². The summed E-state index contributed by atoms with van der Waals surface area (Å²) in [5, 5.41) is 8.46. The highest BCUT2D eigenvalue weighted by molar-refractivity contribution is 9.11. The molecule has 0 aliphatic heterocycles. The second-order valence-electron chi connectivity index (χ2n) is 4.55. The van der Waals surface area contributed by atoms with Crippen molar-refractivity contribution in [2.24, 2.45) is 7.05 Å². The van der Waals surface area contributed by atoms with Crippen LogP contribution in [0, 0.1) is 0 Å². The van der Waals surface area contributed by atoms with Crippen LogP contribution in [0.3, 0.4) is 0 Å². The van der Waals surface area contributed by atoms with Gasteiger partial charge in [-0.1, -0.05) is 50.4 Å². The smallest absolute Gasteiger partial charge is 0.0837 e. The SMILES string of the molecule is CCCNC(c1cc(Br)ccc1Br)c1c(Cl)cnn1C. The van der Waals surface area contributed by atoms with Gasteiger partial charge in [-0.3, -0.25) is 4.68 Å². The third-order valence-electron chi connectivity index (χ3n) is 3.08. The quantitative estimate of drug-likeness (QED) is 0.759. The summed E-state index contributed by atoms with van der Waals surface area (Å²) in [5.41, 5.74) is 2.11. The number of rotatable bonds is 5. The van der Waals surface area contributed by atoms with E-state index in [1.54, 1.807) is 6.20 Å². The Labute approximate surface area is 141 Å². The zero-order chi connectivity index (χ0) is 14.7.